The van der Waals surface area contributed by atoms with Crippen molar-refractivity contribution in [3.8, 4) is 0 Å². The molecule has 0 radical (unpaired) electrons. The van der Waals surface area contributed by atoms with Crippen molar-refractivity contribution >= 4 is 28.3 Å². The Hall–Kier alpha value is -2.28. The molecule has 0 spiro atoms. The second kappa shape index (κ2) is 7.65. The molecule has 2 rings (SSSR count). The van der Waals surface area contributed by atoms with Crippen LogP contribution in [0.2, 0.25) is 0 Å². The molecule has 2 amide bonds. The van der Waals surface area contributed by atoms with Crippen molar-refractivity contribution in [2.75, 3.05) is 11.9 Å². The molecule has 0 saturated carbocycles. The van der Waals surface area contributed by atoms with E-state index in [1.807, 2.05) is 19.9 Å². The lowest BCUT2D eigenvalue weighted by Gasteiger charge is -2.04. The van der Waals surface area contributed by atoms with Gasteiger partial charge in [-0.15, -0.1) is 10.2 Å². The second-order valence-corrected chi connectivity index (χ2v) is 6.03. The van der Waals surface area contributed by atoms with Crippen LogP contribution in [0.4, 0.5) is 5.13 Å². The van der Waals surface area contributed by atoms with E-state index in [1.54, 1.807) is 24.3 Å². The summed E-state index contributed by atoms with van der Waals surface area (Å²) in [7, 11) is 0. The Morgan fingerprint density at radius 2 is 1.91 bits per heavy atom. The van der Waals surface area contributed by atoms with Gasteiger partial charge >= 0.3 is 0 Å². The van der Waals surface area contributed by atoms with Gasteiger partial charge in [0.1, 0.15) is 5.01 Å². The predicted molar refractivity (Wildman–Crippen MR) is 86.0 cm³/mol. The molecule has 0 atom stereocenters. The van der Waals surface area contributed by atoms with Crippen molar-refractivity contribution in [1.29, 1.82) is 0 Å². The number of carbonyl (C=O) groups excluding carboxylic acids is 2. The molecule has 1 aromatic carbocycles. The third-order valence-electron chi connectivity index (χ3n) is 2.85. The quantitative estimate of drug-likeness (QED) is 0.856. The van der Waals surface area contributed by atoms with Crippen LogP contribution in [0.15, 0.2) is 30.3 Å². The maximum absolute atomic E-state index is 11.8. The Labute approximate surface area is 133 Å². The normalized spacial score (nSPS) is 10.5. The number of nitrogens with one attached hydrogen (secondary N) is 2. The predicted octanol–water partition coefficient (Wildman–Crippen LogP) is 2.42. The Morgan fingerprint density at radius 3 is 2.55 bits per heavy atom. The van der Waals surface area contributed by atoms with E-state index in [4.69, 9.17) is 0 Å². The summed E-state index contributed by atoms with van der Waals surface area (Å²) in [5.41, 5.74) is 0.577. The topological polar surface area (TPSA) is 84.0 Å². The van der Waals surface area contributed by atoms with Gasteiger partial charge in [0.15, 0.2) is 0 Å². The van der Waals surface area contributed by atoms with Crippen LogP contribution in [0, 0.1) is 0 Å². The molecule has 22 heavy (non-hydrogen) atoms. The molecule has 0 aliphatic carbocycles. The van der Waals surface area contributed by atoms with E-state index in [1.165, 1.54) is 11.3 Å². The SMILES string of the molecule is CC(C)c1nnc(NC(=O)CCNC(=O)c2ccccc2)s1. The minimum Gasteiger partial charge on any atom is -0.352 e. The lowest BCUT2D eigenvalue weighted by atomic mass is 10.2. The smallest absolute Gasteiger partial charge is 0.251 e. The minimum absolute atomic E-state index is 0.189. The lowest BCUT2D eigenvalue weighted by molar-refractivity contribution is -0.116. The van der Waals surface area contributed by atoms with E-state index >= 15 is 0 Å². The molecule has 0 bridgehead atoms. The average molecular weight is 318 g/mol. The molecule has 0 aliphatic rings. The lowest BCUT2D eigenvalue weighted by Crippen LogP contribution is -2.27. The van der Waals surface area contributed by atoms with E-state index in [-0.39, 0.29) is 30.7 Å². The van der Waals surface area contributed by atoms with Crippen LogP contribution in [0.5, 0.6) is 0 Å². The maximum Gasteiger partial charge on any atom is 0.251 e. The summed E-state index contributed by atoms with van der Waals surface area (Å²) in [6.45, 7) is 4.31. The molecule has 0 aliphatic heterocycles. The van der Waals surface area contributed by atoms with Gasteiger partial charge in [0.2, 0.25) is 11.0 Å². The highest BCUT2D eigenvalue weighted by atomic mass is 32.1. The van der Waals surface area contributed by atoms with Crippen molar-refractivity contribution in [1.82, 2.24) is 15.5 Å². The Kier molecular flexibility index (Phi) is 5.60. The summed E-state index contributed by atoms with van der Waals surface area (Å²) < 4.78 is 0. The summed E-state index contributed by atoms with van der Waals surface area (Å²) in [6.07, 6.45) is 0.190. The monoisotopic (exact) mass is 318 g/mol. The van der Waals surface area contributed by atoms with Gasteiger partial charge in [-0.1, -0.05) is 43.4 Å². The molecule has 1 aromatic heterocycles. The van der Waals surface area contributed by atoms with E-state index in [0.29, 0.717) is 10.7 Å². The highest BCUT2D eigenvalue weighted by Gasteiger charge is 2.11. The van der Waals surface area contributed by atoms with Gasteiger partial charge in [-0.3, -0.25) is 9.59 Å². The van der Waals surface area contributed by atoms with Gasteiger partial charge in [-0.25, -0.2) is 0 Å². The number of aromatic nitrogens is 2. The van der Waals surface area contributed by atoms with Crippen molar-refractivity contribution < 1.29 is 9.59 Å². The van der Waals surface area contributed by atoms with Gasteiger partial charge < -0.3 is 10.6 Å². The zero-order valence-electron chi connectivity index (χ0n) is 12.5. The van der Waals surface area contributed by atoms with Crippen LogP contribution in [0.25, 0.3) is 0 Å². The van der Waals surface area contributed by atoms with Crippen LogP contribution in [0.1, 0.15) is 41.6 Å². The summed E-state index contributed by atoms with van der Waals surface area (Å²) in [4.78, 5) is 23.6. The van der Waals surface area contributed by atoms with Crippen LogP contribution in [0.3, 0.4) is 0 Å². The molecule has 1 heterocycles. The molecule has 6 nitrogen and oxygen atoms in total. The number of benzene rings is 1. The summed E-state index contributed by atoms with van der Waals surface area (Å²) in [6, 6.07) is 8.89. The standard InChI is InChI=1S/C15H18N4O2S/c1-10(2)14-18-19-15(22-14)17-12(20)8-9-16-13(21)11-6-4-3-5-7-11/h3-7,10H,8-9H2,1-2H3,(H,16,21)(H,17,19,20). The van der Waals surface area contributed by atoms with E-state index in [2.05, 4.69) is 20.8 Å². The van der Waals surface area contributed by atoms with E-state index in [9.17, 15) is 9.59 Å². The summed E-state index contributed by atoms with van der Waals surface area (Å²) >= 11 is 1.36. The molecule has 2 N–H and O–H groups in total. The number of rotatable bonds is 6. The first-order chi connectivity index (χ1) is 10.6. The fraction of sp³-hybridized carbons (Fsp3) is 0.333. The van der Waals surface area contributed by atoms with Crippen molar-refractivity contribution in [2.45, 2.75) is 26.2 Å². The number of hydrogen-bond donors (Lipinski definition) is 2. The molecule has 116 valence electrons. The third kappa shape index (κ3) is 4.63. The van der Waals surface area contributed by atoms with Crippen molar-refractivity contribution in [2.24, 2.45) is 0 Å². The first-order valence-electron chi connectivity index (χ1n) is 7.02. The zero-order valence-corrected chi connectivity index (χ0v) is 13.3. The van der Waals surface area contributed by atoms with Gasteiger partial charge in [0.05, 0.1) is 0 Å². The number of anilines is 1. The van der Waals surface area contributed by atoms with Crippen LogP contribution >= 0.6 is 11.3 Å². The Balaban J connectivity index is 1.74. The first-order valence-corrected chi connectivity index (χ1v) is 7.84. The van der Waals surface area contributed by atoms with Crippen molar-refractivity contribution in [3.05, 3.63) is 40.9 Å². The number of carbonyl (C=O) groups is 2. The number of amides is 2. The number of nitrogens with zero attached hydrogens (tertiary/aromatic N) is 2. The largest absolute Gasteiger partial charge is 0.352 e. The minimum atomic E-state index is -0.195. The summed E-state index contributed by atoms with van der Waals surface area (Å²) in [5, 5.41) is 14.7. The Morgan fingerprint density at radius 1 is 1.18 bits per heavy atom. The summed E-state index contributed by atoms with van der Waals surface area (Å²) in [5.74, 6) is -0.0976. The van der Waals surface area contributed by atoms with Gasteiger partial charge in [0.25, 0.3) is 5.91 Å². The Bertz CT molecular complexity index is 640. The van der Waals surface area contributed by atoms with Gasteiger partial charge in [-0.2, -0.15) is 0 Å². The average Bonchev–Trinajstić information content (AvgIpc) is 2.96. The molecular weight excluding hydrogens is 300 g/mol. The van der Waals surface area contributed by atoms with Crippen LogP contribution < -0.4 is 10.6 Å². The highest BCUT2D eigenvalue weighted by molar-refractivity contribution is 7.15. The van der Waals surface area contributed by atoms with Crippen LogP contribution in [-0.4, -0.2) is 28.6 Å². The number of hydrogen-bond acceptors (Lipinski definition) is 5. The van der Waals surface area contributed by atoms with E-state index in [0.717, 1.165) is 5.01 Å². The second-order valence-electron chi connectivity index (χ2n) is 5.02. The fourth-order valence-electron chi connectivity index (χ4n) is 1.68. The fourth-order valence-corrected chi connectivity index (χ4v) is 2.44. The molecule has 0 fully saturated rings. The van der Waals surface area contributed by atoms with E-state index < -0.39 is 0 Å². The maximum atomic E-state index is 11.8. The highest BCUT2D eigenvalue weighted by Crippen LogP contribution is 2.22. The molecule has 7 heteroatoms. The van der Waals surface area contributed by atoms with Crippen molar-refractivity contribution in [3.63, 3.8) is 0 Å². The molecular formula is C15H18N4O2S. The van der Waals surface area contributed by atoms with Gasteiger partial charge in [0, 0.05) is 24.4 Å². The third-order valence-corrected chi connectivity index (χ3v) is 3.99. The first kappa shape index (κ1) is 16.1. The molecule has 0 unspecified atom stereocenters. The van der Waals surface area contributed by atoms with Crippen LogP contribution in [-0.2, 0) is 4.79 Å². The molecule has 2 aromatic rings. The zero-order chi connectivity index (χ0) is 15.9. The molecule has 0 saturated heterocycles. The van der Waals surface area contributed by atoms with Gasteiger partial charge in [-0.05, 0) is 12.1 Å².